The number of carboxylic acids is 1. The fourth-order valence-electron chi connectivity index (χ4n) is 4.03. The highest BCUT2D eigenvalue weighted by molar-refractivity contribution is 5.95. The first-order valence-electron chi connectivity index (χ1n) is 8.32. The molecule has 1 aromatic carbocycles. The molecule has 1 saturated carbocycles. The summed E-state index contributed by atoms with van der Waals surface area (Å²) in [4.78, 5) is 26.4. The molecule has 1 aliphatic carbocycles. The third-order valence-corrected chi connectivity index (χ3v) is 5.23. The molecule has 1 heterocycles. The normalized spacial score (nSPS) is 26.7. The van der Waals surface area contributed by atoms with Gasteiger partial charge in [-0.3, -0.25) is 9.59 Å². The Morgan fingerprint density at radius 1 is 1.39 bits per heavy atom. The molecular formula is C18H23NO4. The lowest BCUT2D eigenvalue weighted by Crippen LogP contribution is -2.41. The quantitative estimate of drug-likeness (QED) is 0.927. The van der Waals surface area contributed by atoms with Crippen LogP contribution in [0.4, 0.5) is 0 Å². The molecule has 23 heavy (non-hydrogen) atoms. The number of amides is 1. The number of carbonyl (C=O) groups is 2. The highest BCUT2D eigenvalue weighted by Crippen LogP contribution is 2.47. The van der Waals surface area contributed by atoms with Crippen LogP contribution in [0.3, 0.4) is 0 Å². The molecule has 1 N–H and O–H groups in total. The van der Waals surface area contributed by atoms with E-state index < -0.39 is 11.4 Å². The van der Waals surface area contributed by atoms with Gasteiger partial charge in [0.1, 0.15) is 5.75 Å². The Morgan fingerprint density at radius 2 is 2.22 bits per heavy atom. The van der Waals surface area contributed by atoms with Crippen molar-refractivity contribution in [2.45, 2.75) is 32.6 Å². The van der Waals surface area contributed by atoms with Crippen LogP contribution in [-0.4, -0.2) is 41.6 Å². The fourth-order valence-corrected chi connectivity index (χ4v) is 4.03. The molecule has 0 bridgehead atoms. The SMILES string of the molecule is CCOc1cccc(C(=O)N2C[C@@H]3CCCC[C@]3(C(=O)O)C2)c1. The summed E-state index contributed by atoms with van der Waals surface area (Å²) in [6.07, 6.45) is 3.57. The number of fused-ring (bicyclic) bond motifs is 1. The second kappa shape index (κ2) is 6.22. The van der Waals surface area contributed by atoms with Crippen molar-refractivity contribution >= 4 is 11.9 Å². The molecule has 5 nitrogen and oxygen atoms in total. The van der Waals surface area contributed by atoms with Gasteiger partial charge in [0.2, 0.25) is 0 Å². The van der Waals surface area contributed by atoms with E-state index in [0.717, 1.165) is 19.3 Å². The Morgan fingerprint density at radius 3 is 2.91 bits per heavy atom. The Hall–Kier alpha value is -2.04. The van der Waals surface area contributed by atoms with Gasteiger partial charge in [-0.25, -0.2) is 0 Å². The topological polar surface area (TPSA) is 66.8 Å². The second-order valence-corrected chi connectivity index (χ2v) is 6.55. The van der Waals surface area contributed by atoms with Crippen LogP contribution in [0.1, 0.15) is 43.0 Å². The van der Waals surface area contributed by atoms with E-state index in [-0.39, 0.29) is 11.8 Å². The van der Waals surface area contributed by atoms with Crippen molar-refractivity contribution in [1.29, 1.82) is 0 Å². The van der Waals surface area contributed by atoms with Crippen LogP contribution in [0.15, 0.2) is 24.3 Å². The number of aliphatic carboxylic acids is 1. The number of likely N-dealkylation sites (tertiary alicyclic amines) is 1. The molecule has 2 aliphatic rings. The summed E-state index contributed by atoms with van der Waals surface area (Å²) in [5.41, 5.74) is -0.180. The highest BCUT2D eigenvalue weighted by atomic mass is 16.5. The zero-order valence-corrected chi connectivity index (χ0v) is 13.5. The van der Waals surface area contributed by atoms with E-state index in [1.807, 2.05) is 13.0 Å². The summed E-state index contributed by atoms with van der Waals surface area (Å²) in [6, 6.07) is 7.12. The number of rotatable bonds is 4. The summed E-state index contributed by atoms with van der Waals surface area (Å²) in [5.74, 6) is -0.0992. The van der Waals surface area contributed by atoms with Crippen LogP contribution in [0.25, 0.3) is 0 Å². The number of hydrogen-bond donors (Lipinski definition) is 1. The number of carbonyl (C=O) groups excluding carboxylic acids is 1. The molecule has 124 valence electrons. The average Bonchev–Trinajstić information content (AvgIpc) is 2.96. The molecule has 0 spiro atoms. The smallest absolute Gasteiger partial charge is 0.311 e. The summed E-state index contributed by atoms with van der Waals surface area (Å²) in [6.45, 7) is 3.32. The summed E-state index contributed by atoms with van der Waals surface area (Å²) < 4.78 is 5.45. The van der Waals surface area contributed by atoms with Crippen molar-refractivity contribution in [3.8, 4) is 5.75 Å². The van der Waals surface area contributed by atoms with Crippen molar-refractivity contribution in [2.24, 2.45) is 11.3 Å². The number of ether oxygens (including phenoxy) is 1. The van der Waals surface area contributed by atoms with E-state index in [2.05, 4.69) is 0 Å². The largest absolute Gasteiger partial charge is 0.494 e. The average molecular weight is 317 g/mol. The van der Waals surface area contributed by atoms with Gasteiger partial charge in [0.15, 0.2) is 0 Å². The van der Waals surface area contributed by atoms with Gasteiger partial charge in [-0.1, -0.05) is 18.9 Å². The zero-order valence-electron chi connectivity index (χ0n) is 13.5. The molecule has 5 heteroatoms. The molecule has 0 aromatic heterocycles. The van der Waals surface area contributed by atoms with Gasteiger partial charge in [0, 0.05) is 18.7 Å². The number of carboxylic acid groups (broad SMARTS) is 1. The molecular weight excluding hydrogens is 294 g/mol. The molecule has 2 atom stereocenters. The van der Waals surface area contributed by atoms with Crippen LogP contribution in [-0.2, 0) is 4.79 Å². The maximum atomic E-state index is 12.8. The van der Waals surface area contributed by atoms with E-state index in [0.29, 0.717) is 37.4 Å². The van der Waals surface area contributed by atoms with Crippen molar-refractivity contribution in [3.63, 3.8) is 0 Å². The van der Waals surface area contributed by atoms with Gasteiger partial charge in [-0.15, -0.1) is 0 Å². The monoisotopic (exact) mass is 317 g/mol. The van der Waals surface area contributed by atoms with Crippen LogP contribution in [0.2, 0.25) is 0 Å². The van der Waals surface area contributed by atoms with Gasteiger partial charge in [0.05, 0.1) is 12.0 Å². The minimum Gasteiger partial charge on any atom is -0.494 e. The Balaban J connectivity index is 1.81. The third-order valence-electron chi connectivity index (χ3n) is 5.23. The van der Waals surface area contributed by atoms with Crippen molar-refractivity contribution in [3.05, 3.63) is 29.8 Å². The maximum absolute atomic E-state index is 12.8. The second-order valence-electron chi connectivity index (χ2n) is 6.55. The zero-order chi connectivity index (χ0) is 16.4. The van der Waals surface area contributed by atoms with E-state index >= 15 is 0 Å². The lowest BCUT2D eigenvalue weighted by Gasteiger charge is -2.34. The summed E-state index contributed by atoms with van der Waals surface area (Å²) >= 11 is 0. The molecule has 1 aliphatic heterocycles. The van der Waals surface area contributed by atoms with Gasteiger partial charge in [-0.2, -0.15) is 0 Å². The molecule has 0 radical (unpaired) electrons. The standard InChI is InChI=1S/C18H23NO4/c1-2-23-15-8-5-6-13(10-15)16(20)19-11-14-7-3-4-9-18(14,12-19)17(21)22/h5-6,8,10,14H,2-4,7,9,11-12H2,1H3,(H,21,22)/t14-,18-/m0/s1. The molecule has 3 rings (SSSR count). The van der Waals surface area contributed by atoms with Crippen LogP contribution >= 0.6 is 0 Å². The van der Waals surface area contributed by atoms with Crippen molar-refractivity contribution in [2.75, 3.05) is 19.7 Å². The Kier molecular flexibility index (Phi) is 4.28. The number of nitrogens with zero attached hydrogens (tertiary/aromatic N) is 1. The van der Waals surface area contributed by atoms with Gasteiger partial charge in [0.25, 0.3) is 5.91 Å². The summed E-state index contributed by atoms with van der Waals surface area (Å²) in [7, 11) is 0. The minimum absolute atomic E-state index is 0.0766. The van der Waals surface area contributed by atoms with E-state index in [1.54, 1.807) is 23.1 Å². The van der Waals surface area contributed by atoms with E-state index in [1.165, 1.54) is 0 Å². The first kappa shape index (κ1) is 15.8. The first-order chi connectivity index (χ1) is 11.1. The first-order valence-corrected chi connectivity index (χ1v) is 8.32. The molecule has 1 amide bonds. The lowest BCUT2D eigenvalue weighted by molar-refractivity contribution is -0.152. The predicted octanol–water partition coefficient (Wildman–Crippen LogP) is 2.80. The minimum atomic E-state index is -0.749. The van der Waals surface area contributed by atoms with Gasteiger partial charge in [-0.05, 0) is 43.9 Å². The molecule has 1 saturated heterocycles. The maximum Gasteiger partial charge on any atom is 0.311 e. The number of benzene rings is 1. The van der Waals surface area contributed by atoms with Crippen LogP contribution < -0.4 is 4.74 Å². The van der Waals surface area contributed by atoms with Crippen LogP contribution in [0.5, 0.6) is 5.75 Å². The van der Waals surface area contributed by atoms with E-state index in [9.17, 15) is 14.7 Å². The Bertz CT molecular complexity index is 615. The molecule has 1 aromatic rings. The number of hydrogen-bond acceptors (Lipinski definition) is 3. The third kappa shape index (κ3) is 2.80. The van der Waals surface area contributed by atoms with Gasteiger partial charge < -0.3 is 14.7 Å². The predicted molar refractivity (Wildman–Crippen MR) is 85.5 cm³/mol. The summed E-state index contributed by atoms with van der Waals surface area (Å²) in [5, 5.41) is 9.73. The fraction of sp³-hybridized carbons (Fsp3) is 0.556. The van der Waals surface area contributed by atoms with Crippen molar-refractivity contribution < 1.29 is 19.4 Å². The van der Waals surface area contributed by atoms with Crippen LogP contribution in [0, 0.1) is 11.3 Å². The molecule has 0 unspecified atom stereocenters. The molecule has 2 fully saturated rings. The van der Waals surface area contributed by atoms with Crippen molar-refractivity contribution in [1.82, 2.24) is 4.90 Å². The van der Waals surface area contributed by atoms with E-state index in [4.69, 9.17) is 4.74 Å². The Labute approximate surface area is 136 Å². The lowest BCUT2D eigenvalue weighted by atomic mass is 9.68. The highest BCUT2D eigenvalue weighted by Gasteiger charge is 2.54. The van der Waals surface area contributed by atoms with Gasteiger partial charge >= 0.3 is 5.97 Å².